The first-order valence-corrected chi connectivity index (χ1v) is 11.7. The molecule has 2 N–H and O–H groups in total. The smallest absolute Gasteiger partial charge is 0.261 e. The lowest BCUT2D eigenvalue weighted by Gasteiger charge is -2.35. The molecule has 1 fully saturated rings. The Labute approximate surface area is 194 Å². The van der Waals surface area contributed by atoms with Gasteiger partial charge in [-0.15, -0.1) is 11.3 Å². The number of hydrogen-bond donors (Lipinski definition) is 2. The third kappa shape index (κ3) is 6.09. The van der Waals surface area contributed by atoms with Crippen LogP contribution in [0.2, 0.25) is 0 Å². The average Bonchev–Trinajstić information content (AvgIpc) is 3.14. The number of aryl methyl sites for hydroxylation is 1. The van der Waals surface area contributed by atoms with Gasteiger partial charge >= 0.3 is 0 Å². The summed E-state index contributed by atoms with van der Waals surface area (Å²) >= 11 is 1.31. The van der Waals surface area contributed by atoms with Crippen molar-refractivity contribution in [2.24, 2.45) is 5.41 Å². The van der Waals surface area contributed by atoms with E-state index in [0.29, 0.717) is 29.6 Å². The van der Waals surface area contributed by atoms with Crippen LogP contribution in [0.15, 0.2) is 30.3 Å². The molecule has 0 saturated carbocycles. The molecule has 0 radical (unpaired) electrons. The summed E-state index contributed by atoms with van der Waals surface area (Å²) in [6.07, 6.45) is 0. The minimum absolute atomic E-state index is 0.0362. The number of methoxy groups -OCH3 is 1. The predicted octanol–water partition coefficient (Wildman–Crippen LogP) is 3.85. The van der Waals surface area contributed by atoms with Gasteiger partial charge in [0, 0.05) is 25.0 Å². The quantitative estimate of drug-likeness (QED) is 0.657. The van der Waals surface area contributed by atoms with Crippen molar-refractivity contribution in [3.63, 3.8) is 0 Å². The minimum atomic E-state index is -0.496. The highest BCUT2D eigenvalue weighted by molar-refractivity contribution is 7.18. The van der Waals surface area contributed by atoms with E-state index in [9.17, 15) is 9.59 Å². The van der Waals surface area contributed by atoms with Crippen molar-refractivity contribution in [3.05, 3.63) is 46.3 Å². The van der Waals surface area contributed by atoms with Gasteiger partial charge in [-0.05, 0) is 36.2 Å². The van der Waals surface area contributed by atoms with Gasteiger partial charge in [-0.25, -0.2) is 0 Å². The van der Waals surface area contributed by atoms with Crippen LogP contribution >= 0.6 is 11.3 Å². The fourth-order valence-corrected chi connectivity index (χ4v) is 4.50. The summed E-state index contributed by atoms with van der Waals surface area (Å²) < 4.78 is 10.8. The Kier molecular flexibility index (Phi) is 7.92. The normalized spacial score (nSPS) is 15.8. The number of carbonyl (C=O) groups excluding carboxylic acids is 2. The van der Waals surface area contributed by atoms with E-state index in [-0.39, 0.29) is 17.9 Å². The van der Waals surface area contributed by atoms with Gasteiger partial charge in [0.25, 0.3) is 5.91 Å². The molecule has 2 aromatic rings. The van der Waals surface area contributed by atoms with Crippen molar-refractivity contribution in [1.82, 2.24) is 10.2 Å². The van der Waals surface area contributed by atoms with Crippen LogP contribution in [0.1, 0.15) is 47.6 Å². The molecule has 3 rings (SSSR count). The number of benzene rings is 1. The molecule has 174 valence electrons. The van der Waals surface area contributed by atoms with E-state index in [4.69, 9.17) is 9.47 Å². The summed E-state index contributed by atoms with van der Waals surface area (Å²) in [5, 5.41) is 6.71. The summed E-state index contributed by atoms with van der Waals surface area (Å²) in [6, 6.07) is 9.86. The molecule has 1 aliphatic heterocycles. The Hall–Kier alpha value is -2.42. The van der Waals surface area contributed by atoms with Crippen LogP contribution < -0.4 is 15.4 Å². The molecule has 0 unspecified atom stereocenters. The first-order chi connectivity index (χ1) is 15.2. The second kappa shape index (κ2) is 10.5. The molecule has 8 heteroatoms. The fraction of sp³-hybridized carbons (Fsp3) is 0.500. The second-order valence-electron chi connectivity index (χ2n) is 8.97. The van der Waals surface area contributed by atoms with Crippen LogP contribution in [0.4, 0.5) is 5.00 Å². The van der Waals surface area contributed by atoms with Crippen molar-refractivity contribution in [2.75, 3.05) is 45.3 Å². The van der Waals surface area contributed by atoms with Gasteiger partial charge in [-0.1, -0.05) is 32.9 Å². The SMILES string of the molecule is COc1ccc([C@H](CNC(=O)c2sc(NC(=O)C(C)(C)C)cc2C)N2CCOCC2)cc1. The van der Waals surface area contributed by atoms with Crippen molar-refractivity contribution >= 4 is 28.2 Å². The van der Waals surface area contributed by atoms with Crippen molar-refractivity contribution in [1.29, 1.82) is 0 Å². The Morgan fingerprint density at radius 1 is 1.19 bits per heavy atom. The van der Waals surface area contributed by atoms with E-state index in [2.05, 4.69) is 15.5 Å². The largest absolute Gasteiger partial charge is 0.497 e. The number of thiophene rings is 1. The Balaban J connectivity index is 1.71. The fourth-order valence-electron chi connectivity index (χ4n) is 3.51. The van der Waals surface area contributed by atoms with Gasteiger partial charge in [0.15, 0.2) is 0 Å². The minimum Gasteiger partial charge on any atom is -0.497 e. The molecule has 1 aromatic heterocycles. The molecular weight excluding hydrogens is 426 g/mol. The van der Waals surface area contributed by atoms with E-state index in [0.717, 1.165) is 30.0 Å². The molecule has 2 amide bonds. The van der Waals surface area contributed by atoms with Crippen LogP contribution in [0.25, 0.3) is 0 Å². The molecule has 7 nitrogen and oxygen atoms in total. The lowest BCUT2D eigenvalue weighted by atomic mass is 9.96. The zero-order chi connectivity index (χ0) is 23.3. The van der Waals surface area contributed by atoms with E-state index in [1.165, 1.54) is 11.3 Å². The lowest BCUT2D eigenvalue weighted by Crippen LogP contribution is -2.43. The standard InChI is InChI=1S/C24H33N3O4S/c1-16-14-20(26-23(29)24(2,3)4)32-21(16)22(28)25-15-19(27-10-12-31-13-11-27)17-6-8-18(30-5)9-7-17/h6-9,14,19H,10-13,15H2,1-5H3,(H,25,28)(H,26,29)/t19-/m0/s1. The van der Waals surface area contributed by atoms with Crippen LogP contribution in [0.3, 0.4) is 0 Å². The maximum atomic E-state index is 13.0. The van der Waals surface area contributed by atoms with Gasteiger partial charge in [-0.3, -0.25) is 14.5 Å². The topological polar surface area (TPSA) is 79.9 Å². The number of morpholine rings is 1. The van der Waals surface area contributed by atoms with Gasteiger partial charge in [0.2, 0.25) is 5.91 Å². The number of carbonyl (C=O) groups is 2. The summed E-state index contributed by atoms with van der Waals surface area (Å²) in [5.74, 6) is 0.602. The number of nitrogens with zero attached hydrogens (tertiary/aromatic N) is 1. The predicted molar refractivity (Wildman–Crippen MR) is 128 cm³/mol. The van der Waals surface area contributed by atoms with E-state index >= 15 is 0 Å². The van der Waals surface area contributed by atoms with Crippen molar-refractivity contribution in [2.45, 2.75) is 33.7 Å². The zero-order valence-corrected chi connectivity index (χ0v) is 20.3. The molecule has 1 atom stereocenters. The highest BCUT2D eigenvalue weighted by Crippen LogP contribution is 2.29. The molecule has 1 aromatic carbocycles. The molecular formula is C24H33N3O4S. The molecule has 32 heavy (non-hydrogen) atoms. The number of hydrogen-bond acceptors (Lipinski definition) is 6. The van der Waals surface area contributed by atoms with Gasteiger partial charge in [0.1, 0.15) is 5.75 Å². The van der Waals surface area contributed by atoms with E-state index in [1.807, 2.05) is 58.0 Å². The van der Waals surface area contributed by atoms with Gasteiger partial charge < -0.3 is 20.1 Å². The Morgan fingerprint density at radius 2 is 1.84 bits per heavy atom. The molecule has 0 aliphatic carbocycles. The van der Waals surface area contributed by atoms with Crippen LogP contribution in [-0.4, -0.2) is 56.7 Å². The van der Waals surface area contributed by atoms with E-state index in [1.54, 1.807) is 7.11 Å². The van der Waals surface area contributed by atoms with Crippen LogP contribution in [-0.2, 0) is 9.53 Å². The summed E-state index contributed by atoms with van der Waals surface area (Å²) in [4.78, 5) is 28.2. The molecule has 0 spiro atoms. The lowest BCUT2D eigenvalue weighted by molar-refractivity contribution is -0.123. The number of rotatable bonds is 7. The van der Waals surface area contributed by atoms with Gasteiger partial charge in [-0.2, -0.15) is 0 Å². The zero-order valence-electron chi connectivity index (χ0n) is 19.5. The number of ether oxygens (including phenoxy) is 2. The molecule has 1 aliphatic rings. The van der Waals surface area contributed by atoms with Gasteiger partial charge in [0.05, 0.1) is 36.2 Å². The first-order valence-electron chi connectivity index (χ1n) is 10.8. The maximum Gasteiger partial charge on any atom is 0.261 e. The van der Waals surface area contributed by atoms with Crippen LogP contribution in [0.5, 0.6) is 5.75 Å². The number of anilines is 1. The molecule has 0 bridgehead atoms. The third-order valence-electron chi connectivity index (χ3n) is 5.48. The Morgan fingerprint density at radius 3 is 2.44 bits per heavy atom. The highest BCUT2D eigenvalue weighted by Gasteiger charge is 2.25. The first kappa shape index (κ1) is 24.2. The summed E-state index contributed by atoms with van der Waals surface area (Å²) in [5.41, 5.74) is 1.47. The highest BCUT2D eigenvalue weighted by atomic mass is 32.1. The molecule has 2 heterocycles. The maximum absolute atomic E-state index is 13.0. The van der Waals surface area contributed by atoms with Crippen molar-refractivity contribution < 1.29 is 19.1 Å². The number of nitrogens with one attached hydrogen (secondary N) is 2. The monoisotopic (exact) mass is 459 g/mol. The summed E-state index contributed by atoms with van der Waals surface area (Å²) in [6.45, 7) is 10.9. The Bertz CT molecular complexity index is 928. The second-order valence-corrected chi connectivity index (χ2v) is 10.0. The van der Waals surface area contributed by atoms with Crippen molar-refractivity contribution in [3.8, 4) is 5.75 Å². The molecule has 1 saturated heterocycles. The van der Waals surface area contributed by atoms with Crippen LogP contribution in [0, 0.1) is 12.3 Å². The number of amides is 2. The van der Waals surface area contributed by atoms with E-state index < -0.39 is 5.41 Å². The summed E-state index contributed by atoms with van der Waals surface area (Å²) in [7, 11) is 1.65. The third-order valence-corrected chi connectivity index (χ3v) is 6.64. The average molecular weight is 460 g/mol.